The van der Waals surface area contributed by atoms with E-state index in [1.54, 1.807) is 0 Å². The van der Waals surface area contributed by atoms with Crippen LogP contribution in [0.5, 0.6) is 0 Å². The van der Waals surface area contributed by atoms with Crippen LogP contribution in [0.15, 0.2) is 109 Å². The molecule has 4 aromatic rings. The number of morpholine rings is 1. The molecule has 0 unspecified atom stereocenters. The van der Waals surface area contributed by atoms with Gasteiger partial charge in [-0.3, -0.25) is 19.3 Å². The van der Waals surface area contributed by atoms with Crippen molar-refractivity contribution in [2.24, 2.45) is 5.92 Å². The Bertz CT molecular complexity index is 1660. The van der Waals surface area contributed by atoms with Crippen molar-refractivity contribution in [1.29, 1.82) is 0 Å². The number of hydrogen-bond acceptors (Lipinski definition) is 5. The maximum absolute atomic E-state index is 14.4. The maximum atomic E-state index is 14.4. The zero-order chi connectivity index (χ0) is 28.3. The van der Waals surface area contributed by atoms with Crippen LogP contribution in [0.4, 0.5) is 5.69 Å². The van der Waals surface area contributed by atoms with Gasteiger partial charge in [-0.05, 0) is 35.2 Å². The highest BCUT2D eigenvalue weighted by molar-refractivity contribution is 6.11. The van der Waals surface area contributed by atoms with Gasteiger partial charge in [0.05, 0.1) is 12.1 Å². The molecule has 0 bridgehead atoms. The summed E-state index contributed by atoms with van der Waals surface area (Å²) in [5, 5.41) is 13.9. The van der Waals surface area contributed by atoms with Crippen LogP contribution in [0, 0.1) is 12.8 Å². The Morgan fingerprint density at radius 1 is 0.805 bits per heavy atom. The van der Waals surface area contributed by atoms with Gasteiger partial charge in [-0.25, -0.2) is 0 Å². The van der Waals surface area contributed by atoms with Gasteiger partial charge in [0.25, 0.3) is 0 Å². The van der Waals surface area contributed by atoms with Gasteiger partial charge in [0, 0.05) is 5.69 Å². The summed E-state index contributed by atoms with van der Waals surface area (Å²) in [4.78, 5) is 43.8. The predicted molar refractivity (Wildman–Crippen MR) is 152 cm³/mol. The number of nitrogens with zero attached hydrogens (tertiary/aromatic N) is 1. The molecule has 2 N–H and O–H groups in total. The van der Waals surface area contributed by atoms with Crippen LogP contribution in [0.3, 0.4) is 0 Å². The van der Waals surface area contributed by atoms with Gasteiger partial charge in [-0.15, -0.1) is 0 Å². The number of carbonyl (C=O) groups excluding carboxylic acids is 2. The molecule has 204 valence electrons. The van der Waals surface area contributed by atoms with Gasteiger partial charge in [0.15, 0.2) is 0 Å². The summed E-state index contributed by atoms with van der Waals surface area (Å²) in [5.41, 5.74) is 2.88. The van der Waals surface area contributed by atoms with Crippen molar-refractivity contribution in [3.8, 4) is 0 Å². The molecule has 7 heteroatoms. The lowest BCUT2D eigenvalue weighted by Crippen LogP contribution is -2.52. The van der Waals surface area contributed by atoms with E-state index >= 15 is 0 Å². The lowest BCUT2D eigenvalue weighted by Gasteiger charge is -2.46. The molecule has 41 heavy (non-hydrogen) atoms. The molecule has 1 spiro atoms. The third-order valence-corrected chi connectivity index (χ3v) is 8.84. The van der Waals surface area contributed by atoms with E-state index < -0.39 is 53.4 Å². The average molecular weight is 545 g/mol. The highest BCUT2D eigenvalue weighted by atomic mass is 16.6. The number of benzene rings is 4. The summed E-state index contributed by atoms with van der Waals surface area (Å²) in [6.07, 6.45) is -0.723. The Kier molecular flexibility index (Phi) is 5.80. The average Bonchev–Trinajstić information content (AvgIpc) is 3.47. The first-order valence-corrected chi connectivity index (χ1v) is 13.7. The smallest absolute Gasteiger partial charge is 0.325 e. The quantitative estimate of drug-likeness (QED) is 0.336. The molecule has 3 heterocycles. The van der Waals surface area contributed by atoms with E-state index in [0.717, 1.165) is 22.3 Å². The molecule has 3 aliphatic heterocycles. The van der Waals surface area contributed by atoms with E-state index in [-0.39, 0.29) is 0 Å². The molecular weight excluding hydrogens is 516 g/mol. The van der Waals surface area contributed by atoms with Crippen molar-refractivity contribution in [2.45, 2.75) is 36.6 Å². The fraction of sp³-hybridized carbons (Fsp3) is 0.206. The molecular formula is C34H28N2O5. The molecule has 0 radical (unpaired) electrons. The van der Waals surface area contributed by atoms with Gasteiger partial charge in [0.1, 0.15) is 23.5 Å². The zero-order valence-corrected chi connectivity index (χ0v) is 22.3. The summed E-state index contributed by atoms with van der Waals surface area (Å²) in [5.74, 6) is -3.69. The third kappa shape index (κ3) is 3.59. The van der Waals surface area contributed by atoms with E-state index in [4.69, 9.17) is 4.74 Å². The summed E-state index contributed by atoms with van der Waals surface area (Å²) in [6.45, 7) is 1.92. The monoisotopic (exact) mass is 544 g/mol. The number of carboxylic acids is 1. The highest BCUT2D eigenvalue weighted by Gasteiger charge is 2.74. The maximum Gasteiger partial charge on any atom is 0.325 e. The minimum atomic E-state index is -1.59. The summed E-state index contributed by atoms with van der Waals surface area (Å²) >= 11 is 0. The predicted octanol–water partition coefficient (Wildman–Crippen LogP) is 5.35. The van der Waals surface area contributed by atoms with E-state index in [0.29, 0.717) is 11.3 Å². The molecule has 0 saturated carbocycles. The third-order valence-electron chi connectivity index (χ3n) is 8.84. The minimum Gasteiger partial charge on any atom is -0.481 e. The summed E-state index contributed by atoms with van der Waals surface area (Å²) in [7, 11) is 0. The number of anilines is 1. The standard InChI is InChI=1S/C34H28N2O5/c1-20-17-18-25-24(19-20)34(33(40)35-25)26(31(37)38)28-32(39)41-29(22-13-7-3-8-14-22)27(21-11-5-2-6-12-21)36(28)30(34)23-15-9-4-10-16-23/h2-19,26-30H,1H3,(H,35,40)(H,37,38)/t26-,27-,28-,29+,30+,34-/m0/s1. The number of nitrogens with one attached hydrogen (secondary N) is 1. The van der Waals surface area contributed by atoms with Crippen molar-refractivity contribution >= 4 is 23.5 Å². The van der Waals surface area contributed by atoms with E-state index in [1.807, 2.05) is 121 Å². The molecule has 0 aromatic heterocycles. The number of amides is 1. The number of ether oxygens (including phenoxy) is 1. The highest BCUT2D eigenvalue weighted by Crippen LogP contribution is 2.64. The number of fused-ring (bicyclic) bond motifs is 3. The topological polar surface area (TPSA) is 95.9 Å². The second-order valence-corrected chi connectivity index (χ2v) is 11.0. The van der Waals surface area contributed by atoms with Crippen molar-refractivity contribution in [2.75, 3.05) is 5.32 Å². The van der Waals surface area contributed by atoms with Crippen molar-refractivity contribution < 1.29 is 24.2 Å². The second kappa shape index (κ2) is 9.42. The van der Waals surface area contributed by atoms with Crippen LogP contribution in [0.1, 0.15) is 46.0 Å². The van der Waals surface area contributed by atoms with Crippen LogP contribution in [-0.2, 0) is 24.5 Å². The molecule has 7 rings (SSSR count). The normalized spacial score (nSPS) is 28.6. The van der Waals surface area contributed by atoms with Crippen LogP contribution in [-0.4, -0.2) is 33.9 Å². The number of hydrogen-bond donors (Lipinski definition) is 2. The molecule has 0 aliphatic carbocycles. The van der Waals surface area contributed by atoms with Crippen LogP contribution < -0.4 is 5.32 Å². The number of aryl methyl sites for hydroxylation is 1. The lowest BCUT2D eigenvalue weighted by molar-refractivity contribution is -0.179. The van der Waals surface area contributed by atoms with Crippen LogP contribution in [0.2, 0.25) is 0 Å². The number of rotatable bonds is 4. The van der Waals surface area contributed by atoms with Gasteiger partial charge >= 0.3 is 11.9 Å². The van der Waals surface area contributed by atoms with E-state index in [9.17, 15) is 19.5 Å². The number of esters is 1. The largest absolute Gasteiger partial charge is 0.481 e. The van der Waals surface area contributed by atoms with Crippen molar-refractivity contribution in [3.63, 3.8) is 0 Å². The number of carbonyl (C=O) groups is 3. The van der Waals surface area contributed by atoms with Crippen LogP contribution >= 0.6 is 0 Å². The van der Waals surface area contributed by atoms with Gasteiger partial charge in [0.2, 0.25) is 5.91 Å². The minimum absolute atomic E-state index is 0.426. The molecule has 2 saturated heterocycles. The molecule has 3 aliphatic rings. The lowest BCUT2D eigenvalue weighted by atomic mass is 9.65. The Morgan fingerprint density at radius 2 is 1.39 bits per heavy atom. The molecule has 1 amide bonds. The van der Waals surface area contributed by atoms with Gasteiger partial charge < -0.3 is 15.2 Å². The van der Waals surface area contributed by atoms with E-state index in [2.05, 4.69) is 5.32 Å². The second-order valence-electron chi connectivity index (χ2n) is 11.0. The fourth-order valence-corrected chi connectivity index (χ4v) is 7.32. The number of carboxylic acid groups (broad SMARTS) is 1. The first kappa shape index (κ1) is 25.2. The number of aliphatic carboxylic acids is 1. The first-order valence-electron chi connectivity index (χ1n) is 13.7. The van der Waals surface area contributed by atoms with Crippen molar-refractivity contribution in [3.05, 3.63) is 137 Å². The molecule has 4 aromatic carbocycles. The Morgan fingerprint density at radius 3 is 2.00 bits per heavy atom. The van der Waals surface area contributed by atoms with Gasteiger partial charge in [-0.1, -0.05) is 109 Å². The zero-order valence-electron chi connectivity index (χ0n) is 22.3. The molecule has 2 fully saturated rings. The van der Waals surface area contributed by atoms with E-state index in [1.165, 1.54) is 0 Å². The number of cyclic esters (lactones) is 1. The first-order chi connectivity index (χ1) is 19.9. The Balaban J connectivity index is 1.57. The molecule has 7 nitrogen and oxygen atoms in total. The Hall–Kier alpha value is -4.75. The SMILES string of the molecule is Cc1ccc2c(c1)[C@]1(C(=O)N2)[C@H](C(=O)O)[C@H]2C(=O)O[C@H](c3ccccc3)[C@H](c3ccccc3)N2[C@@H]1c1ccccc1. The summed E-state index contributed by atoms with van der Waals surface area (Å²) < 4.78 is 6.19. The Labute approximate surface area is 237 Å². The van der Waals surface area contributed by atoms with Crippen molar-refractivity contribution in [1.82, 2.24) is 4.90 Å². The molecule has 6 atom stereocenters. The van der Waals surface area contributed by atoms with Gasteiger partial charge in [-0.2, -0.15) is 0 Å². The fourth-order valence-electron chi connectivity index (χ4n) is 7.32. The summed E-state index contributed by atoms with van der Waals surface area (Å²) in [6, 6.07) is 31.7. The van der Waals surface area contributed by atoms with Crippen LogP contribution in [0.25, 0.3) is 0 Å².